The molecule has 0 aliphatic heterocycles. The van der Waals surface area contributed by atoms with Crippen LogP contribution in [0.15, 0.2) is 66.7 Å². The van der Waals surface area contributed by atoms with Gasteiger partial charge in [0, 0.05) is 5.56 Å². The maximum Gasteiger partial charge on any atom is 0.262 e. The molecule has 1 amide bonds. The average Bonchev–Trinajstić information content (AvgIpc) is 3.18. The average molecular weight is 408 g/mol. The van der Waals surface area contributed by atoms with Crippen molar-refractivity contribution in [2.45, 2.75) is 0 Å². The summed E-state index contributed by atoms with van der Waals surface area (Å²) in [6, 6.07) is 20.3. The number of hydrogen-bond acceptors (Lipinski definition) is 4. The lowest BCUT2D eigenvalue weighted by Gasteiger charge is -2.12. The number of halogens is 1. The van der Waals surface area contributed by atoms with Gasteiger partial charge in [-0.25, -0.2) is 4.98 Å². The van der Waals surface area contributed by atoms with Gasteiger partial charge < -0.3 is 19.8 Å². The number of benzene rings is 3. The van der Waals surface area contributed by atoms with E-state index in [-0.39, 0.29) is 12.5 Å². The normalized spacial score (nSPS) is 10.7. The second-order valence-corrected chi connectivity index (χ2v) is 6.69. The molecule has 6 nitrogen and oxygen atoms in total. The Morgan fingerprint density at radius 2 is 1.86 bits per heavy atom. The number of para-hydroxylation sites is 3. The fraction of sp³-hybridized carbons (Fsp3) is 0.0909. The van der Waals surface area contributed by atoms with Crippen LogP contribution in [0, 0.1) is 0 Å². The summed E-state index contributed by atoms with van der Waals surface area (Å²) in [6.07, 6.45) is 0. The van der Waals surface area contributed by atoms with Crippen LogP contribution in [0.4, 0.5) is 5.69 Å². The van der Waals surface area contributed by atoms with Crippen molar-refractivity contribution < 1.29 is 14.3 Å². The van der Waals surface area contributed by atoms with Gasteiger partial charge in [-0.15, -0.1) is 0 Å². The van der Waals surface area contributed by atoms with Gasteiger partial charge in [-0.1, -0.05) is 35.9 Å². The Labute approximate surface area is 172 Å². The number of methoxy groups -OCH3 is 1. The quantitative estimate of drug-likeness (QED) is 0.476. The number of hydrogen-bond donors (Lipinski definition) is 2. The van der Waals surface area contributed by atoms with Crippen molar-refractivity contribution in [1.29, 1.82) is 0 Å². The second kappa shape index (κ2) is 8.24. The topological polar surface area (TPSA) is 76.2 Å². The van der Waals surface area contributed by atoms with E-state index < -0.39 is 0 Å². The summed E-state index contributed by atoms with van der Waals surface area (Å²) >= 11 is 6.05. The first-order chi connectivity index (χ1) is 14.1. The van der Waals surface area contributed by atoms with E-state index in [1.54, 1.807) is 37.4 Å². The number of carbonyl (C=O) groups is 1. The number of nitrogens with one attached hydrogen (secondary N) is 2. The number of amides is 1. The van der Waals surface area contributed by atoms with E-state index in [0.717, 1.165) is 22.4 Å². The maximum atomic E-state index is 12.2. The molecule has 1 heterocycles. The standard InChI is InChI=1S/C22H18ClN3O3/c1-28-20-12-14(22-25-17-8-4-5-9-18(17)26-22)10-11-19(20)29-13-21(27)24-16-7-3-2-6-15(16)23/h2-12H,13H2,1H3,(H,24,27)(H,25,26). The van der Waals surface area contributed by atoms with Gasteiger partial charge in [0.1, 0.15) is 5.82 Å². The van der Waals surface area contributed by atoms with E-state index in [9.17, 15) is 4.79 Å². The van der Waals surface area contributed by atoms with E-state index in [1.807, 2.05) is 36.4 Å². The predicted molar refractivity (Wildman–Crippen MR) is 114 cm³/mol. The number of anilines is 1. The minimum atomic E-state index is -0.318. The number of aromatic nitrogens is 2. The van der Waals surface area contributed by atoms with E-state index >= 15 is 0 Å². The molecule has 0 aliphatic rings. The SMILES string of the molecule is COc1cc(-c2nc3ccccc3[nH]2)ccc1OCC(=O)Nc1ccccc1Cl. The van der Waals surface area contributed by atoms with Gasteiger partial charge in [0.05, 0.1) is 28.9 Å². The van der Waals surface area contributed by atoms with Crippen LogP contribution in [0.3, 0.4) is 0 Å². The molecule has 4 aromatic rings. The van der Waals surface area contributed by atoms with Gasteiger partial charge in [0.25, 0.3) is 5.91 Å². The molecular formula is C22H18ClN3O3. The van der Waals surface area contributed by atoms with Gasteiger partial charge in [0.2, 0.25) is 0 Å². The zero-order chi connectivity index (χ0) is 20.2. The van der Waals surface area contributed by atoms with E-state index in [2.05, 4.69) is 15.3 Å². The molecule has 0 aliphatic carbocycles. The summed E-state index contributed by atoms with van der Waals surface area (Å²) in [4.78, 5) is 20.0. The highest BCUT2D eigenvalue weighted by molar-refractivity contribution is 6.33. The van der Waals surface area contributed by atoms with Crippen LogP contribution in [0.1, 0.15) is 0 Å². The number of carbonyl (C=O) groups excluding carboxylic acids is 1. The lowest BCUT2D eigenvalue weighted by Crippen LogP contribution is -2.20. The first-order valence-electron chi connectivity index (χ1n) is 8.94. The summed E-state index contributed by atoms with van der Waals surface area (Å²) in [6.45, 7) is -0.175. The number of fused-ring (bicyclic) bond motifs is 1. The third-order valence-corrected chi connectivity index (χ3v) is 4.66. The van der Waals surface area contributed by atoms with E-state index in [4.69, 9.17) is 21.1 Å². The zero-order valence-corrected chi connectivity index (χ0v) is 16.4. The summed E-state index contributed by atoms with van der Waals surface area (Å²) in [7, 11) is 1.55. The molecule has 0 spiro atoms. The monoisotopic (exact) mass is 407 g/mol. The van der Waals surface area contributed by atoms with Crippen molar-refractivity contribution in [3.63, 3.8) is 0 Å². The molecule has 146 valence electrons. The fourth-order valence-corrected chi connectivity index (χ4v) is 3.10. The Kier molecular flexibility index (Phi) is 5.35. The molecule has 0 bridgehead atoms. The number of nitrogens with zero attached hydrogens (tertiary/aromatic N) is 1. The Hall–Kier alpha value is -3.51. The number of H-pyrrole nitrogens is 1. The molecule has 0 unspecified atom stereocenters. The lowest BCUT2D eigenvalue weighted by atomic mass is 10.2. The van der Waals surface area contributed by atoms with Gasteiger partial charge in [0.15, 0.2) is 18.1 Å². The zero-order valence-electron chi connectivity index (χ0n) is 15.6. The van der Waals surface area contributed by atoms with E-state index in [1.165, 1.54) is 0 Å². The summed E-state index contributed by atoms with van der Waals surface area (Å²) in [5, 5.41) is 3.18. The molecule has 2 N–H and O–H groups in total. The molecule has 0 saturated carbocycles. The molecule has 0 fully saturated rings. The molecule has 0 saturated heterocycles. The molecule has 4 rings (SSSR count). The number of aromatic amines is 1. The van der Waals surface area contributed by atoms with Crippen LogP contribution in [0.5, 0.6) is 11.5 Å². The number of rotatable bonds is 6. The van der Waals surface area contributed by atoms with Crippen molar-refractivity contribution in [3.8, 4) is 22.9 Å². The first kappa shape index (κ1) is 18.8. The third-order valence-electron chi connectivity index (χ3n) is 4.33. The molecule has 1 aromatic heterocycles. The van der Waals surface area contributed by atoms with E-state index in [0.29, 0.717) is 22.2 Å². The molecule has 29 heavy (non-hydrogen) atoms. The van der Waals surface area contributed by atoms with Crippen molar-refractivity contribution in [1.82, 2.24) is 9.97 Å². The Morgan fingerprint density at radius 1 is 1.07 bits per heavy atom. The largest absolute Gasteiger partial charge is 0.493 e. The third kappa shape index (κ3) is 4.17. The molecule has 0 radical (unpaired) electrons. The minimum absolute atomic E-state index is 0.175. The summed E-state index contributed by atoms with van der Waals surface area (Å²) in [5.74, 6) is 1.38. The van der Waals surface area contributed by atoms with Crippen LogP contribution in [-0.4, -0.2) is 29.6 Å². The van der Waals surface area contributed by atoms with Gasteiger partial charge in [-0.05, 0) is 42.5 Å². The van der Waals surface area contributed by atoms with Crippen LogP contribution >= 0.6 is 11.6 Å². The predicted octanol–water partition coefficient (Wildman–Crippen LogP) is 4.91. The van der Waals surface area contributed by atoms with Gasteiger partial charge in [-0.2, -0.15) is 0 Å². The number of imidazole rings is 1. The highest BCUT2D eigenvalue weighted by atomic mass is 35.5. The molecule has 3 aromatic carbocycles. The van der Waals surface area contributed by atoms with Crippen LogP contribution < -0.4 is 14.8 Å². The molecule has 0 atom stereocenters. The van der Waals surface area contributed by atoms with Gasteiger partial charge in [-0.3, -0.25) is 4.79 Å². The lowest BCUT2D eigenvalue weighted by molar-refractivity contribution is -0.118. The van der Waals surface area contributed by atoms with Crippen molar-refractivity contribution in [2.75, 3.05) is 19.0 Å². The minimum Gasteiger partial charge on any atom is -0.493 e. The Morgan fingerprint density at radius 3 is 2.66 bits per heavy atom. The number of ether oxygens (including phenoxy) is 2. The smallest absolute Gasteiger partial charge is 0.262 e. The first-order valence-corrected chi connectivity index (χ1v) is 9.32. The molecular weight excluding hydrogens is 390 g/mol. The highest BCUT2D eigenvalue weighted by Gasteiger charge is 2.12. The maximum absolute atomic E-state index is 12.2. The van der Waals surface area contributed by atoms with Crippen molar-refractivity contribution in [3.05, 3.63) is 71.8 Å². The summed E-state index contributed by atoms with van der Waals surface area (Å²) in [5.41, 5.74) is 3.23. The van der Waals surface area contributed by atoms with Gasteiger partial charge >= 0.3 is 0 Å². The fourth-order valence-electron chi connectivity index (χ4n) is 2.92. The van der Waals surface area contributed by atoms with Crippen LogP contribution in [0.2, 0.25) is 5.02 Å². The molecule has 7 heteroatoms. The second-order valence-electron chi connectivity index (χ2n) is 6.28. The van der Waals surface area contributed by atoms with Crippen LogP contribution in [0.25, 0.3) is 22.4 Å². The highest BCUT2D eigenvalue weighted by Crippen LogP contribution is 2.32. The Balaban J connectivity index is 1.48. The van der Waals surface area contributed by atoms with Crippen molar-refractivity contribution in [2.24, 2.45) is 0 Å². The summed E-state index contributed by atoms with van der Waals surface area (Å²) < 4.78 is 11.1. The van der Waals surface area contributed by atoms with Crippen molar-refractivity contribution >= 4 is 34.2 Å². The Bertz CT molecular complexity index is 1140. The van der Waals surface area contributed by atoms with Crippen LogP contribution in [-0.2, 0) is 4.79 Å².